The predicted octanol–water partition coefficient (Wildman–Crippen LogP) is 6.00. The number of fused-ring (bicyclic) bond motifs is 1. The van der Waals surface area contributed by atoms with Gasteiger partial charge in [0.15, 0.2) is 11.5 Å². The molecule has 1 aliphatic rings. The Morgan fingerprint density at radius 1 is 1.00 bits per heavy atom. The van der Waals surface area contributed by atoms with Crippen molar-refractivity contribution in [3.63, 3.8) is 0 Å². The number of hydrogen-bond acceptors (Lipinski definition) is 6. The van der Waals surface area contributed by atoms with Crippen molar-refractivity contribution in [2.45, 2.75) is 51.5 Å². The van der Waals surface area contributed by atoms with Crippen LogP contribution in [0, 0.1) is 17.2 Å². The van der Waals surface area contributed by atoms with Crippen LogP contribution < -0.4 is 5.32 Å². The molecule has 2 aromatic carbocycles. The van der Waals surface area contributed by atoms with Gasteiger partial charge in [0.2, 0.25) is 5.82 Å². The summed E-state index contributed by atoms with van der Waals surface area (Å²) in [5.74, 6) is 1.93. The van der Waals surface area contributed by atoms with Gasteiger partial charge in [0.25, 0.3) is 0 Å². The topological polar surface area (TPSA) is 82.7 Å². The number of rotatable bonds is 10. The number of aromatic nitrogens is 4. The van der Waals surface area contributed by atoms with Crippen LogP contribution in [0.5, 0.6) is 0 Å². The average molecular weight is 534 g/mol. The summed E-state index contributed by atoms with van der Waals surface area (Å²) in [6.07, 6.45) is 0.334. The summed E-state index contributed by atoms with van der Waals surface area (Å²) >= 11 is 0. The van der Waals surface area contributed by atoms with Crippen LogP contribution in [0.25, 0.3) is 11.2 Å². The van der Waals surface area contributed by atoms with Gasteiger partial charge in [-0.05, 0) is 42.6 Å². The highest BCUT2D eigenvalue weighted by molar-refractivity contribution is 5.84. The van der Waals surface area contributed by atoms with Crippen molar-refractivity contribution >= 4 is 17.0 Å². The third-order valence-electron chi connectivity index (χ3n) is 7.18. The molecule has 10 heteroatoms. The van der Waals surface area contributed by atoms with E-state index >= 15 is 0 Å². The molecule has 2 heterocycles. The van der Waals surface area contributed by atoms with Gasteiger partial charge in [-0.15, -0.1) is 0 Å². The van der Waals surface area contributed by atoms with E-state index in [0.29, 0.717) is 53.9 Å². The van der Waals surface area contributed by atoms with Gasteiger partial charge in [-0.1, -0.05) is 61.7 Å². The number of halogens is 3. The number of anilines is 1. The summed E-state index contributed by atoms with van der Waals surface area (Å²) in [6.45, 7) is 2.15. The van der Waals surface area contributed by atoms with E-state index in [-0.39, 0.29) is 12.4 Å². The number of nitrogens with zero attached hydrogens (tertiary/aromatic N) is 6. The first-order chi connectivity index (χ1) is 18.8. The minimum atomic E-state index is -4.40. The molecular weight excluding hydrogens is 503 g/mol. The van der Waals surface area contributed by atoms with Crippen LogP contribution in [0.3, 0.4) is 0 Å². The fraction of sp³-hybridized carbons (Fsp3) is 0.379. The Hall–Kier alpha value is -3.97. The number of benzene rings is 2. The third kappa shape index (κ3) is 6.37. The van der Waals surface area contributed by atoms with Crippen molar-refractivity contribution in [1.82, 2.24) is 24.4 Å². The molecule has 0 saturated heterocycles. The lowest BCUT2D eigenvalue weighted by molar-refractivity contribution is -0.137. The van der Waals surface area contributed by atoms with E-state index in [4.69, 9.17) is 4.98 Å². The molecule has 2 aromatic heterocycles. The molecule has 0 radical (unpaired) electrons. The molecule has 7 nitrogen and oxygen atoms in total. The van der Waals surface area contributed by atoms with Crippen LogP contribution in [0.15, 0.2) is 54.6 Å². The van der Waals surface area contributed by atoms with Gasteiger partial charge in [-0.2, -0.15) is 28.4 Å². The fourth-order valence-corrected chi connectivity index (χ4v) is 4.90. The Bertz CT molecular complexity index is 1450. The second kappa shape index (κ2) is 11.4. The zero-order valence-corrected chi connectivity index (χ0v) is 21.7. The molecule has 0 aliphatic heterocycles. The zero-order chi connectivity index (χ0) is 27.4. The molecule has 1 aliphatic carbocycles. The van der Waals surface area contributed by atoms with E-state index in [1.807, 2.05) is 35.9 Å². The van der Waals surface area contributed by atoms with Crippen LogP contribution in [0.2, 0.25) is 0 Å². The maximum atomic E-state index is 13.1. The second-order valence-electron chi connectivity index (χ2n) is 10.2. The summed E-state index contributed by atoms with van der Waals surface area (Å²) in [6, 6.07) is 17.2. The van der Waals surface area contributed by atoms with Gasteiger partial charge in [-0.25, -0.2) is 4.98 Å². The Balaban J connectivity index is 1.50. The zero-order valence-electron chi connectivity index (χ0n) is 21.7. The number of alkyl halides is 3. The molecular formula is C29H30F3N7. The maximum absolute atomic E-state index is 13.1. The molecule has 1 N–H and O–H groups in total. The summed E-state index contributed by atoms with van der Waals surface area (Å²) < 4.78 is 41.4. The van der Waals surface area contributed by atoms with E-state index in [1.165, 1.54) is 31.4 Å². The van der Waals surface area contributed by atoms with Gasteiger partial charge in [0.05, 0.1) is 12.1 Å². The molecule has 39 heavy (non-hydrogen) atoms. The van der Waals surface area contributed by atoms with E-state index in [0.717, 1.165) is 24.1 Å². The van der Waals surface area contributed by atoms with E-state index in [2.05, 4.69) is 32.3 Å². The minimum absolute atomic E-state index is 0.0250. The van der Waals surface area contributed by atoms with Crippen molar-refractivity contribution in [2.24, 2.45) is 5.92 Å². The van der Waals surface area contributed by atoms with E-state index in [1.54, 1.807) is 0 Å². The molecule has 0 amide bonds. The Morgan fingerprint density at radius 2 is 1.74 bits per heavy atom. The van der Waals surface area contributed by atoms with Crippen LogP contribution in [-0.2, 0) is 25.8 Å². The highest BCUT2D eigenvalue weighted by Gasteiger charge is 2.30. The first kappa shape index (κ1) is 26.6. The molecule has 0 spiro atoms. The molecule has 4 aromatic rings. The quantitative estimate of drug-likeness (QED) is 0.269. The summed E-state index contributed by atoms with van der Waals surface area (Å²) in [7, 11) is 1.99. The first-order valence-corrected chi connectivity index (χ1v) is 13.1. The third-order valence-corrected chi connectivity index (χ3v) is 7.18. The fourth-order valence-electron chi connectivity index (χ4n) is 4.90. The smallest absolute Gasteiger partial charge is 0.368 e. The van der Waals surface area contributed by atoms with Crippen LogP contribution in [0.1, 0.15) is 54.0 Å². The van der Waals surface area contributed by atoms with Crippen molar-refractivity contribution in [3.05, 3.63) is 82.9 Å². The minimum Gasteiger partial charge on any atom is -0.368 e. The lowest BCUT2D eigenvalue weighted by Gasteiger charge is -2.25. The molecule has 1 saturated carbocycles. The van der Waals surface area contributed by atoms with Crippen molar-refractivity contribution in [1.29, 1.82) is 5.26 Å². The highest BCUT2D eigenvalue weighted by atomic mass is 19.4. The second-order valence-corrected chi connectivity index (χ2v) is 10.2. The molecule has 0 bridgehead atoms. The van der Waals surface area contributed by atoms with Crippen LogP contribution in [-0.4, -0.2) is 38.0 Å². The predicted molar refractivity (Wildman–Crippen MR) is 143 cm³/mol. The van der Waals surface area contributed by atoms with Gasteiger partial charge in [0, 0.05) is 19.6 Å². The number of imidazole rings is 1. The average Bonchev–Trinajstić information content (AvgIpc) is 3.22. The normalized spacial score (nSPS) is 13.9. The van der Waals surface area contributed by atoms with Crippen molar-refractivity contribution < 1.29 is 13.2 Å². The number of hydrogen-bond donors (Lipinski definition) is 1. The van der Waals surface area contributed by atoms with E-state index in [9.17, 15) is 18.4 Å². The Labute approximate surface area is 225 Å². The largest absolute Gasteiger partial charge is 0.416 e. The standard InChI is InChI=1S/C29H30F3N7/c1-38(17-21-6-3-2-4-7-21)19-25-37-28-26(39(25)18-22-10-12-23(13-11-22)29(30,31)32)27(35-24(16-33)36-28)34-15-14-20-8-5-9-20/h2-4,6-7,10-13,20H,5,8-9,14-15,17-19H2,1H3,(H,34,35,36). The maximum Gasteiger partial charge on any atom is 0.416 e. The number of nitriles is 1. The SMILES string of the molecule is CN(Cc1ccccc1)Cc1nc2nc(C#N)nc(NCCC3CCC3)c2n1Cc1ccc(C(F)(F)F)cc1. The number of nitrogens with one attached hydrogen (secondary N) is 1. The van der Waals surface area contributed by atoms with Crippen molar-refractivity contribution in [2.75, 3.05) is 18.9 Å². The van der Waals surface area contributed by atoms with Crippen molar-refractivity contribution in [3.8, 4) is 6.07 Å². The summed E-state index contributed by atoms with van der Waals surface area (Å²) in [5, 5.41) is 13.0. The summed E-state index contributed by atoms with van der Waals surface area (Å²) in [5.41, 5.74) is 2.19. The van der Waals surface area contributed by atoms with Gasteiger partial charge in [-0.3, -0.25) is 4.90 Å². The Kier molecular flexibility index (Phi) is 7.79. The molecule has 5 rings (SSSR count). The molecule has 0 atom stereocenters. The molecule has 202 valence electrons. The van der Waals surface area contributed by atoms with Gasteiger partial charge >= 0.3 is 6.18 Å². The lowest BCUT2D eigenvalue weighted by Crippen LogP contribution is -2.21. The van der Waals surface area contributed by atoms with Gasteiger partial charge in [0.1, 0.15) is 17.4 Å². The van der Waals surface area contributed by atoms with Gasteiger partial charge < -0.3 is 9.88 Å². The molecule has 0 unspecified atom stereocenters. The van der Waals surface area contributed by atoms with Crippen LogP contribution >= 0.6 is 0 Å². The van der Waals surface area contributed by atoms with E-state index < -0.39 is 11.7 Å². The lowest BCUT2D eigenvalue weighted by atomic mass is 9.83. The van der Waals surface area contributed by atoms with Crippen LogP contribution in [0.4, 0.5) is 19.0 Å². The monoisotopic (exact) mass is 533 g/mol. The first-order valence-electron chi connectivity index (χ1n) is 13.1. The highest BCUT2D eigenvalue weighted by Crippen LogP contribution is 2.31. The molecule has 1 fully saturated rings. The Morgan fingerprint density at radius 3 is 2.38 bits per heavy atom. The summed E-state index contributed by atoms with van der Waals surface area (Å²) in [4.78, 5) is 15.7.